The van der Waals surface area contributed by atoms with Crippen molar-refractivity contribution in [1.82, 2.24) is 0 Å². The highest BCUT2D eigenvalue weighted by molar-refractivity contribution is 6.32. The van der Waals surface area contributed by atoms with E-state index in [1.54, 1.807) is 12.1 Å². The van der Waals surface area contributed by atoms with Gasteiger partial charge in [0, 0.05) is 10.6 Å². The van der Waals surface area contributed by atoms with Crippen LogP contribution in [-0.4, -0.2) is 6.54 Å². The molecule has 0 unspecified atom stereocenters. The van der Waals surface area contributed by atoms with Crippen LogP contribution in [0.2, 0.25) is 5.02 Å². The number of rotatable bonds is 4. The summed E-state index contributed by atoms with van der Waals surface area (Å²) in [5, 5.41) is 0.721. The first-order valence-corrected chi connectivity index (χ1v) is 6.82. The highest BCUT2D eigenvalue weighted by Crippen LogP contribution is 2.31. The van der Waals surface area contributed by atoms with Crippen LogP contribution in [0, 0.1) is 19.7 Å². The molecule has 0 amide bonds. The number of ether oxygens (including phenoxy) is 1. The Labute approximate surface area is 123 Å². The number of aryl methyl sites for hydroxylation is 2. The first-order chi connectivity index (χ1) is 9.52. The Bertz CT molecular complexity index is 605. The highest BCUT2D eigenvalue weighted by Gasteiger charge is 2.11. The Morgan fingerprint density at radius 2 is 1.85 bits per heavy atom. The van der Waals surface area contributed by atoms with Crippen LogP contribution in [0.25, 0.3) is 0 Å². The summed E-state index contributed by atoms with van der Waals surface area (Å²) in [6, 6.07) is 8.46. The van der Waals surface area contributed by atoms with Gasteiger partial charge in [-0.3, -0.25) is 0 Å². The average Bonchev–Trinajstić information content (AvgIpc) is 2.40. The minimum atomic E-state index is -0.296. The molecule has 0 aliphatic carbocycles. The summed E-state index contributed by atoms with van der Waals surface area (Å²) in [5.41, 5.74) is 7.88. The number of benzene rings is 2. The molecule has 2 nitrogen and oxygen atoms in total. The van der Waals surface area contributed by atoms with Gasteiger partial charge in [0.1, 0.15) is 17.3 Å². The standard InChI is InChI=1S/C16H17ClFNO/c1-10-8-12(9-11(2)16(10)17)20-15-5-3-4-14(18)13(15)6-7-19/h3-5,8-9H,6-7,19H2,1-2H3. The summed E-state index contributed by atoms with van der Waals surface area (Å²) >= 11 is 6.13. The largest absolute Gasteiger partial charge is 0.457 e. The average molecular weight is 294 g/mol. The van der Waals surface area contributed by atoms with E-state index < -0.39 is 0 Å². The summed E-state index contributed by atoms with van der Waals surface area (Å²) in [6.07, 6.45) is 0.438. The Morgan fingerprint density at radius 3 is 2.45 bits per heavy atom. The second-order valence-corrected chi connectivity index (χ2v) is 5.11. The lowest BCUT2D eigenvalue weighted by atomic mass is 10.1. The predicted octanol–water partition coefficient (Wildman–Crippen LogP) is 4.39. The van der Waals surface area contributed by atoms with E-state index in [-0.39, 0.29) is 5.82 Å². The van der Waals surface area contributed by atoms with Crippen molar-refractivity contribution in [3.05, 3.63) is 57.9 Å². The van der Waals surface area contributed by atoms with Crippen LogP contribution in [0.15, 0.2) is 30.3 Å². The van der Waals surface area contributed by atoms with Crippen LogP contribution in [0.1, 0.15) is 16.7 Å². The Balaban J connectivity index is 2.37. The minimum absolute atomic E-state index is 0.296. The van der Waals surface area contributed by atoms with Gasteiger partial charge >= 0.3 is 0 Å². The van der Waals surface area contributed by atoms with Crippen LogP contribution < -0.4 is 10.5 Å². The fraction of sp³-hybridized carbons (Fsp3) is 0.250. The molecule has 2 rings (SSSR count). The summed E-state index contributed by atoms with van der Waals surface area (Å²) in [4.78, 5) is 0. The van der Waals surface area contributed by atoms with Crippen molar-refractivity contribution >= 4 is 11.6 Å². The quantitative estimate of drug-likeness (QED) is 0.907. The molecule has 0 spiro atoms. The van der Waals surface area contributed by atoms with Gasteiger partial charge in [0.15, 0.2) is 0 Å². The lowest BCUT2D eigenvalue weighted by Crippen LogP contribution is -2.06. The van der Waals surface area contributed by atoms with Gasteiger partial charge in [-0.25, -0.2) is 4.39 Å². The van der Waals surface area contributed by atoms with Gasteiger partial charge in [-0.2, -0.15) is 0 Å². The molecule has 2 aromatic carbocycles. The van der Waals surface area contributed by atoms with Crippen LogP contribution in [-0.2, 0) is 6.42 Å². The van der Waals surface area contributed by atoms with Crippen molar-refractivity contribution in [3.63, 3.8) is 0 Å². The van der Waals surface area contributed by atoms with Gasteiger partial charge in [-0.1, -0.05) is 17.7 Å². The van der Waals surface area contributed by atoms with E-state index in [1.165, 1.54) is 6.07 Å². The molecule has 0 atom stereocenters. The summed E-state index contributed by atoms with van der Waals surface area (Å²) in [7, 11) is 0. The molecule has 0 aliphatic rings. The van der Waals surface area contributed by atoms with E-state index in [0.717, 1.165) is 16.1 Å². The van der Waals surface area contributed by atoms with Crippen molar-refractivity contribution < 1.29 is 9.13 Å². The molecule has 0 saturated carbocycles. The van der Waals surface area contributed by atoms with Crippen molar-refractivity contribution in [1.29, 1.82) is 0 Å². The van der Waals surface area contributed by atoms with Crippen LogP contribution in [0.3, 0.4) is 0 Å². The van der Waals surface area contributed by atoms with Gasteiger partial charge in [0.2, 0.25) is 0 Å². The minimum Gasteiger partial charge on any atom is -0.457 e. The number of hydrogen-bond donors (Lipinski definition) is 1. The summed E-state index contributed by atoms with van der Waals surface area (Å²) in [5.74, 6) is 0.847. The van der Waals surface area contributed by atoms with E-state index in [9.17, 15) is 4.39 Å². The van der Waals surface area contributed by atoms with Crippen molar-refractivity contribution in [2.24, 2.45) is 5.73 Å². The fourth-order valence-corrected chi connectivity index (χ4v) is 2.22. The van der Waals surface area contributed by atoms with E-state index in [1.807, 2.05) is 26.0 Å². The van der Waals surface area contributed by atoms with Gasteiger partial charge in [0.25, 0.3) is 0 Å². The zero-order valence-electron chi connectivity index (χ0n) is 11.5. The summed E-state index contributed by atoms with van der Waals surface area (Å²) < 4.78 is 19.6. The van der Waals surface area contributed by atoms with E-state index >= 15 is 0 Å². The van der Waals surface area contributed by atoms with Gasteiger partial charge in [0.05, 0.1) is 0 Å². The second-order valence-electron chi connectivity index (χ2n) is 4.73. The van der Waals surface area contributed by atoms with Crippen molar-refractivity contribution in [3.8, 4) is 11.5 Å². The normalized spacial score (nSPS) is 10.7. The molecule has 0 aliphatic heterocycles. The SMILES string of the molecule is Cc1cc(Oc2cccc(F)c2CCN)cc(C)c1Cl. The van der Waals surface area contributed by atoms with Crippen molar-refractivity contribution in [2.45, 2.75) is 20.3 Å². The Morgan fingerprint density at radius 1 is 1.20 bits per heavy atom. The molecular formula is C16H17ClFNO. The molecule has 0 bridgehead atoms. The first-order valence-electron chi connectivity index (χ1n) is 6.45. The monoisotopic (exact) mass is 293 g/mol. The highest BCUT2D eigenvalue weighted by atomic mass is 35.5. The van der Waals surface area contributed by atoms with Crippen LogP contribution >= 0.6 is 11.6 Å². The molecule has 0 saturated heterocycles. The van der Waals surface area contributed by atoms with E-state index in [0.29, 0.717) is 30.0 Å². The van der Waals surface area contributed by atoms with Crippen molar-refractivity contribution in [2.75, 3.05) is 6.54 Å². The third kappa shape index (κ3) is 3.11. The first kappa shape index (κ1) is 14.8. The molecule has 0 radical (unpaired) electrons. The van der Waals surface area contributed by atoms with Crippen LogP contribution in [0.5, 0.6) is 11.5 Å². The molecule has 106 valence electrons. The van der Waals surface area contributed by atoms with Gasteiger partial charge < -0.3 is 10.5 Å². The molecular weight excluding hydrogens is 277 g/mol. The maximum atomic E-state index is 13.8. The third-order valence-electron chi connectivity index (χ3n) is 3.11. The third-order valence-corrected chi connectivity index (χ3v) is 3.70. The summed E-state index contributed by atoms with van der Waals surface area (Å²) in [6.45, 7) is 4.19. The molecule has 4 heteroatoms. The topological polar surface area (TPSA) is 35.2 Å². The molecule has 20 heavy (non-hydrogen) atoms. The smallest absolute Gasteiger partial charge is 0.133 e. The lowest BCUT2D eigenvalue weighted by molar-refractivity contribution is 0.466. The zero-order valence-corrected chi connectivity index (χ0v) is 12.3. The maximum Gasteiger partial charge on any atom is 0.133 e. The van der Waals surface area contributed by atoms with E-state index in [4.69, 9.17) is 22.1 Å². The lowest BCUT2D eigenvalue weighted by Gasteiger charge is -2.13. The molecule has 0 aromatic heterocycles. The second kappa shape index (κ2) is 6.25. The Kier molecular flexibility index (Phi) is 4.63. The maximum absolute atomic E-state index is 13.8. The number of nitrogens with two attached hydrogens (primary N) is 1. The molecule has 0 heterocycles. The number of hydrogen-bond acceptors (Lipinski definition) is 2. The molecule has 2 aromatic rings. The predicted molar refractivity (Wildman–Crippen MR) is 80.2 cm³/mol. The van der Waals surface area contributed by atoms with E-state index in [2.05, 4.69) is 0 Å². The Hall–Kier alpha value is -1.58. The van der Waals surface area contributed by atoms with Gasteiger partial charge in [-0.15, -0.1) is 0 Å². The molecule has 2 N–H and O–H groups in total. The molecule has 0 fully saturated rings. The van der Waals surface area contributed by atoms with Crippen LogP contribution in [0.4, 0.5) is 4.39 Å². The van der Waals surface area contributed by atoms with Gasteiger partial charge in [-0.05, 0) is 62.2 Å². The number of halogens is 2. The zero-order chi connectivity index (χ0) is 14.7. The fourth-order valence-electron chi connectivity index (χ4n) is 2.11.